The number of fused-ring (bicyclic) bond motifs is 1. The van der Waals surface area contributed by atoms with E-state index in [2.05, 4.69) is 24.0 Å². The standard InChI is InChI=1S/C22H16Cl2N2/c1-14-6-5-13-26-21(15(2)18-7-3-4-8-19(18)24)20(25-22(14)26)16-9-11-17(23)12-10-16/h3-13H,2H2,1H3. The minimum absolute atomic E-state index is 0.669. The van der Waals surface area contributed by atoms with Crippen LogP contribution in [0.15, 0.2) is 73.4 Å². The Balaban J connectivity index is 2.02. The third-order valence-electron chi connectivity index (χ3n) is 4.45. The number of nitrogens with zero attached hydrogens (tertiary/aromatic N) is 2. The fourth-order valence-corrected chi connectivity index (χ4v) is 3.51. The molecule has 4 aromatic rings. The van der Waals surface area contributed by atoms with Crippen molar-refractivity contribution in [2.45, 2.75) is 6.92 Å². The average Bonchev–Trinajstić information content (AvgIpc) is 3.03. The molecule has 0 aliphatic carbocycles. The van der Waals surface area contributed by atoms with Gasteiger partial charge in [0.2, 0.25) is 0 Å². The van der Waals surface area contributed by atoms with E-state index in [0.29, 0.717) is 10.0 Å². The van der Waals surface area contributed by atoms with E-state index in [4.69, 9.17) is 28.2 Å². The molecule has 2 heterocycles. The van der Waals surface area contributed by atoms with Crippen molar-refractivity contribution in [2.24, 2.45) is 0 Å². The van der Waals surface area contributed by atoms with Gasteiger partial charge in [0, 0.05) is 32.9 Å². The third kappa shape index (κ3) is 2.82. The van der Waals surface area contributed by atoms with Gasteiger partial charge in [0.1, 0.15) is 5.65 Å². The summed E-state index contributed by atoms with van der Waals surface area (Å²) >= 11 is 12.5. The molecule has 2 aromatic heterocycles. The zero-order chi connectivity index (χ0) is 18.3. The van der Waals surface area contributed by atoms with Crippen LogP contribution in [0.4, 0.5) is 0 Å². The van der Waals surface area contributed by atoms with E-state index in [9.17, 15) is 0 Å². The van der Waals surface area contributed by atoms with E-state index < -0.39 is 0 Å². The number of hydrogen-bond donors (Lipinski definition) is 0. The molecular weight excluding hydrogens is 363 g/mol. The van der Waals surface area contributed by atoms with Gasteiger partial charge in [-0.05, 0) is 36.8 Å². The topological polar surface area (TPSA) is 17.3 Å². The Morgan fingerprint density at radius 1 is 0.962 bits per heavy atom. The normalized spacial score (nSPS) is 11.0. The predicted octanol–water partition coefficient (Wildman–Crippen LogP) is 6.68. The molecule has 0 amide bonds. The molecule has 128 valence electrons. The number of pyridine rings is 1. The summed E-state index contributed by atoms with van der Waals surface area (Å²) in [6, 6.07) is 19.5. The zero-order valence-electron chi connectivity index (χ0n) is 14.2. The maximum Gasteiger partial charge on any atom is 0.140 e. The molecule has 0 bridgehead atoms. The van der Waals surface area contributed by atoms with Crippen molar-refractivity contribution in [2.75, 3.05) is 0 Å². The Labute approximate surface area is 162 Å². The Hall–Kier alpha value is -2.55. The van der Waals surface area contributed by atoms with Crippen molar-refractivity contribution >= 4 is 34.4 Å². The van der Waals surface area contributed by atoms with Gasteiger partial charge in [-0.3, -0.25) is 4.40 Å². The Morgan fingerprint density at radius 2 is 1.69 bits per heavy atom. The van der Waals surface area contributed by atoms with Gasteiger partial charge in [0.05, 0.1) is 11.4 Å². The molecule has 2 nitrogen and oxygen atoms in total. The first-order valence-electron chi connectivity index (χ1n) is 8.24. The molecule has 0 unspecified atom stereocenters. The molecule has 0 atom stereocenters. The van der Waals surface area contributed by atoms with Gasteiger partial charge in [0.15, 0.2) is 0 Å². The molecule has 0 saturated heterocycles. The van der Waals surface area contributed by atoms with Crippen molar-refractivity contribution in [3.05, 3.63) is 100 Å². The summed E-state index contributed by atoms with van der Waals surface area (Å²) in [5.74, 6) is 0. The van der Waals surface area contributed by atoms with E-state index in [1.165, 1.54) is 0 Å². The molecule has 0 N–H and O–H groups in total. The molecule has 0 aliphatic rings. The number of aryl methyl sites for hydroxylation is 1. The van der Waals surface area contributed by atoms with Crippen LogP contribution in [0.25, 0.3) is 22.5 Å². The third-order valence-corrected chi connectivity index (χ3v) is 5.03. The van der Waals surface area contributed by atoms with Crippen molar-refractivity contribution in [3.8, 4) is 11.3 Å². The summed E-state index contributed by atoms with van der Waals surface area (Å²) in [5, 5.41) is 1.36. The molecule has 26 heavy (non-hydrogen) atoms. The highest BCUT2D eigenvalue weighted by molar-refractivity contribution is 6.32. The van der Waals surface area contributed by atoms with Crippen molar-refractivity contribution in [3.63, 3.8) is 0 Å². The second-order valence-corrected chi connectivity index (χ2v) is 7.00. The lowest BCUT2D eigenvalue weighted by Gasteiger charge is -2.11. The second-order valence-electron chi connectivity index (χ2n) is 6.16. The monoisotopic (exact) mass is 378 g/mol. The molecule has 0 radical (unpaired) electrons. The smallest absolute Gasteiger partial charge is 0.140 e. The highest BCUT2D eigenvalue weighted by Crippen LogP contribution is 2.35. The van der Waals surface area contributed by atoms with Gasteiger partial charge in [-0.15, -0.1) is 0 Å². The van der Waals surface area contributed by atoms with Crippen LogP contribution in [0.5, 0.6) is 0 Å². The van der Waals surface area contributed by atoms with Crippen LogP contribution < -0.4 is 0 Å². The molecule has 0 saturated carbocycles. The van der Waals surface area contributed by atoms with Gasteiger partial charge >= 0.3 is 0 Å². The van der Waals surface area contributed by atoms with Crippen molar-refractivity contribution < 1.29 is 0 Å². The fraction of sp³-hybridized carbons (Fsp3) is 0.0455. The average molecular weight is 379 g/mol. The largest absolute Gasteiger partial charge is 0.299 e. The van der Waals surface area contributed by atoms with E-state index in [1.54, 1.807) is 0 Å². The molecule has 4 rings (SSSR count). The van der Waals surface area contributed by atoms with Gasteiger partial charge in [-0.2, -0.15) is 0 Å². The Bertz CT molecular complexity index is 1120. The number of rotatable bonds is 3. The summed E-state index contributed by atoms with van der Waals surface area (Å²) in [6.07, 6.45) is 2.01. The lowest BCUT2D eigenvalue weighted by molar-refractivity contribution is 1.14. The summed E-state index contributed by atoms with van der Waals surface area (Å²) < 4.78 is 2.07. The molecule has 0 fully saturated rings. The minimum atomic E-state index is 0.669. The van der Waals surface area contributed by atoms with Crippen LogP contribution in [-0.2, 0) is 0 Å². The lowest BCUT2D eigenvalue weighted by atomic mass is 10.00. The summed E-state index contributed by atoms with van der Waals surface area (Å²) in [5.41, 5.74) is 6.51. The first-order chi connectivity index (χ1) is 12.6. The fourth-order valence-electron chi connectivity index (χ4n) is 3.13. The van der Waals surface area contributed by atoms with Crippen LogP contribution in [0.2, 0.25) is 10.0 Å². The first kappa shape index (κ1) is 16.9. The van der Waals surface area contributed by atoms with E-state index in [-0.39, 0.29) is 0 Å². The Morgan fingerprint density at radius 3 is 2.42 bits per heavy atom. The molecular formula is C22H16Cl2N2. The van der Waals surface area contributed by atoms with E-state index in [0.717, 1.165) is 39.3 Å². The maximum atomic E-state index is 6.43. The van der Waals surface area contributed by atoms with Crippen LogP contribution in [0.1, 0.15) is 16.8 Å². The lowest BCUT2D eigenvalue weighted by Crippen LogP contribution is -1.96. The zero-order valence-corrected chi connectivity index (χ0v) is 15.7. The first-order valence-corrected chi connectivity index (χ1v) is 8.99. The molecule has 0 aliphatic heterocycles. The summed E-state index contributed by atoms with van der Waals surface area (Å²) in [4.78, 5) is 4.90. The number of hydrogen-bond acceptors (Lipinski definition) is 1. The molecule has 2 aromatic carbocycles. The second kappa shape index (κ2) is 6.64. The number of halogens is 2. The van der Waals surface area contributed by atoms with Gasteiger partial charge < -0.3 is 0 Å². The minimum Gasteiger partial charge on any atom is -0.299 e. The number of imidazole rings is 1. The quantitative estimate of drug-likeness (QED) is 0.388. The van der Waals surface area contributed by atoms with Gasteiger partial charge in [0.25, 0.3) is 0 Å². The molecule has 4 heteroatoms. The summed E-state index contributed by atoms with van der Waals surface area (Å²) in [6.45, 7) is 6.39. The number of aromatic nitrogens is 2. The van der Waals surface area contributed by atoms with Crippen LogP contribution in [0.3, 0.4) is 0 Å². The van der Waals surface area contributed by atoms with Crippen LogP contribution >= 0.6 is 23.2 Å². The van der Waals surface area contributed by atoms with Crippen LogP contribution in [-0.4, -0.2) is 9.38 Å². The van der Waals surface area contributed by atoms with E-state index >= 15 is 0 Å². The van der Waals surface area contributed by atoms with Crippen LogP contribution in [0, 0.1) is 6.92 Å². The maximum absolute atomic E-state index is 6.43. The highest BCUT2D eigenvalue weighted by atomic mass is 35.5. The van der Waals surface area contributed by atoms with Gasteiger partial charge in [-0.1, -0.05) is 66.2 Å². The van der Waals surface area contributed by atoms with Gasteiger partial charge in [-0.25, -0.2) is 4.98 Å². The SMILES string of the molecule is C=C(c1ccccc1Cl)c1c(-c2ccc(Cl)cc2)nc2c(C)cccn12. The summed E-state index contributed by atoms with van der Waals surface area (Å²) in [7, 11) is 0. The highest BCUT2D eigenvalue weighted by Gasteiger charge is 2.19. The predicted molar refractivity (Wildman–Crippen MR) is 110 cm³/mol. The van der Waals surface area contributed by atoms with Crippen molar-refractivity contribution in [1.29, 1.82) is 0 Å². The van der Waals surface area contributed by atoms with E-state index in [1.807, 2.05) is 60.8 Å². The number of benzene rings is 2. The molecule has 0 spiro atoms. The van der Waals surface area contributed by atoms with Crippen molar-refractivity contribution in [1.82, 2.24) is 9.38 Å². The Kier molecular flexibility index (Phi) is 4.31.